The number of amides is 2. The van der Waals surface area contributed by atoms with Gasteiger partial charge < -0.3 is 29.6 Å². The SMILES string of the molecule is COc1ccc(CNC(=O)Nc2ccc(Oc3ccc(C)cc3OC)nc2)cc1OC. The van der Waals surface area contributed by atoms with Crippen molar-refractivity contribution in [3.8, 4) is 28.9 Å². The largest absolute Gasteiger partial charge is 0.493 e. The molecule has 0 saturated heterocycles. The Bertz CT molecular complexity index is 1040. The molecular formula is C23H25N3O5. The highest BCUT2D eigenvalue weighted by Gasteiger charge is 2.09. The minimum atomic E-state index is -0.356. The van der Waals surface area contributed by atoms with Crippen LogP contribution in [0.2, 0.25) is 0 Å². The molecule has 0 aliphatic carbocycles. The van der Waals surface area contributed by atoms with Crippen molar-refractivity contribution in [1.29, 1.82) is 0 Å². The average Bonchev–Trinajstić information content (AvgIpc) is 2.79. The minimum absolute atomic E-state index is 0.327. The van der Waals surface area contributed by atoms with Gasteiger partial charge in [0, 0.05) is 12.6 Å². The van der Waals surface area contributed by atoms with E-state index in [-0.39, 0.29) is 6.03 Å². The molecule has 3 rings (SSSR count). The second kappa shape index (κ2) is 10.2. The van der Waals surface area contributed by atoms with Crippen LogP contribution in [0.25, 0.3) is 0 Å². The van der Waals surface area contributed by atoms with E-state index >= 15 is 0 Å². The number of rotatable bonds is 8. The lowest BCUT2D eigenvalue weighted by Crippen LogP contribution is -2.28. The normalized spacial score (nSPS) is 10.2. The Morgan fingerprint density at radius 3 is 2.26 bits per heavy atom. The Labute approximate surface area is 181 Å². The molecule has 8 nitrogen and oxygen atoms in total. The number of nitrogens with zero attached hydrogens (tertiary/aromatic N) is 1. The van der Waals surface area contributed by atoms with Gasteiger partial charge in [-0.25, -0.2) is 9.78 Å². The van der Waals surface area contributed by atoms with Crippen LogP contribution in [0.5, 0.6) is 28.9 Å². The van der Waals surface area contributed by atoms with Crippen molar-refractivity contribution in [3.63, 3.8) is 0 Å². The summed E-state index contributed by atoms with van der Waals surface area (Å²) in [6.07, 6.45) is 1.52. The van der Waals surface area contributed by atoms with Gasteiger partial charge in [-0.1, -0.05) is 12.1 Å². The van der Waals surface area contributed by atoms with Crippen LogP contribution >= 0.6 is 0 Å². The van der Waals surface area contributed by atoms with E-state index in [1.165, 1.54) is 6.20 Å². The number of urea groups is 1. The van der Waals surface area contributed by atoms with Crippen molar-refractivity contribution >= 4 is 11.7 Å². The Kier molecular flexibility index (Phi) is 7.16. The molecule has 0 radical (unpaired) electrons. The van der Waals surface area contributed by atoms with Crippen LogP contribution in [-0.4, -0.2) is 32.3 Å². The van der Waals surface area contributed by atoms with Gasteiger partial charge in [0.2, 0.25) is 5.88 Å². The summed E-state index contributed by atoms with van der Waals surface area (Å²) in [6, 6.07) is 14.1. The maximum Gasteiger partial charge on any atom is 0.319 e. The zero-order valence-electron chi connectivity index (χ0n) is 17.9. The van der Waals surface area contributed by atoms with Crippen LogP contribution in [0.15, 0.2) is 54.7 Å². The van der Waals surface area contributed by atoms with Gasteiger partial charge in [0.15, 0.2) is 23.0 Å². The van der Waals surface area contributed by atoms with Crippen LogP contribution in [0.4, 0.5) is 10.5 Å². The molecule has 0 unspecified atom stereocenters. The smallest absolute Gasteiger partial charge is 0.319 e. The molecule has 2 aromatic carbocycles. The first kappa shape index (κ1) is 21.8. The molecule has 0 bridgehead atoms. The molecule has 8 heteroatoms. The zero-order chi connectivity index (χ0) is 22.2. The Morgan fingerprint density at radius 1 is 0.871 bits per heavy atom. The zero-order valence-corrected chi connectivity index (χ0v) is 17.9. The second-order valence-corrected chi connectivity index (χ2v) is 6.64. The van der Waals surface area contributed by atoms with Crippen molar-refractivity contribution in [2.75, 3.05) is 26.6 Å². The fourth-order valence-electron chi connectivity index (χ4n) is 2.83. The van der Waals surface area contributed by atoms with Gasteiger partial charge in [0.25, 0.3) is 0 Å². The average molecular weight is 423 g/mol. The van der Waals surface area contributed by atoms with Gasteiger partial charge >= 0.3 is 6.03 Å². The summed E-state index contributed by atoms with van der Waals surface area (Å²) >= 11 is 0. The highest BCUT2D eigenvalue weighted by molar-refractivity contribution is 5.89. The molecule has 0 spiro atoms. The number of nitrogens with one attached hydrogen (secondary N) is 2. The summed E-state index contributed by atoms with van der Waals surface area (Å²) in [5.74, 6) is 2.81. The van der Waals surface area contributed by atoms with Gasteiger partial charge in [-0.3, -0.25) is 0 Å². The third-order valence-electron chi connectivity index (χ3n) is 4.43. The van der Waals surface area contributed by atoms with Crippen molar-refractivity contribution in [3.05, 3.63) is 65.9 Å². The summed E-state index contributed by atoms with van der Waals surface area (Å²) in [5.41, 5.74) is 2.48. The van der Waals surface area contributed by atoms with E-state index in [1.807, 2.05) is 37.3 Å². The van der Waals surface area contributed by atoms with Crippen LogP contribution in [-0.2, 0) is 6.54 Å². The third-order valence-corrected chi connectivity index (χ3v) is 4.43. The van der Waals surface area contributed by atoms with E-state index in [0.717, 1.165) is 11.1 Å². The molecule has 1 heterocycles. The molecule has 3 aromatic rings. The molecule has 0 fully saturated rings. The minimum Gasteiger partial charge on any atom is -0.493 e. The lowest BCUT2D eigenvalue weighted by molar-refractivity contribution is 0.251. The lowest BCUT2D eigenvalue weighted by atomic mass is 10.2. The molecule has 0 aliphatic rings. The van der Waals surface area contributed by atoms with Crippen LogP contribution in [0.1, 0.15) is 11.1 Å². The fourth-order valence-corrected chi connectivity index (χ4v) is 2.83. The highest BCUT2D eigenvalue weighted by Crippen LogP contribution is 2.31. The number of aryl methyl sites for hydroxylation is 1. The number of aromatic nitrogens is 1. The molecule has 0 atom stereocenters. The monoisotopic (exact) mass is 423 g/mol. The summed E-state index contributed by atoms with van der Waals surface area (Å²) in [6.45, 7) is 2.30. The Balaban J connectivity index is 1.55. The van der Waals surface area contributed by atoms with E-state index in [1.54, 1.807) is 39.5 Å². The van der Waals surface area contributed by atoms with Gasteiger partial charge in [-0.15, -0.1) is 0 Å². The molecule has 1 aromatic heterocycles. The van der Waals surface area contributed by atoms with Gasteiger partial charge in [0.05, 0.1) is 33.2 Å². The maximum absolute atomic E-state index is 12.2. The van der Waals surface area contributed by atoms with Crippen molar-refractivity contribution in [2.24, 2.45) is 0 Å². The lowest BCUT2D eigenvalue weighted by Gasteiger charge is -2.12. The van der Waals surface area contributed by atoms with Crippen LogP contribution in [0.3, 0.4) is 0 Å². The van der Waals surface area contributed by atoms with E-state index in [9.17, 15) is 4.79 Å². The molecule has 0 saturated carbocycles. The van der Waals surface area contributed by atoms with Crippen molar-refractivity contribution in [1.82, 2.24) is 10.3 Å². The topological polar surface area (TPSA) is 90.9 Å². The van der Waals surface area contributed by atoms with E-state index in [2.05, 4.69) is 15.6 Å². The van der Waals surface area contributed by atoms with Gasteiger partial charge in [-0.05, 0) is 48.4 Å². The standard InChI is InChI=1S/C23H25N3O5/c1-15-5-8-19(20(11-15)29-3)31-22-10-7-17(14-24-22)26-23(27)25-13-16-6-9-18(28-2)21(12-16)30-4/h5-12,14H,13H2,1-4H3,(H2,25,26,27). The van der Waals surface area contributed by atoms with Gasteiger partial charge in [0.1, 0.15) is 0 Å². The maximum atomic E-state index is 12.2. The van der Waals surface area contributed by atoms with Crippen LogP contribution < -0.4 is 29.6 Å². The predicted molar refractivity (Wildman–Crippen MR) is 117 cm³/mol. The Morgan fingerprint density at radius 2 is 1.58 bits per heavy atom. The van der Waals surface area contributed by atoms with E-state index < -0.39 is 0 Å². The first-order valence-electron chi connectivity index (χ1n) is 9.56. The first-order valence-corrected chi connectivity index (χ1v) is 9.56. The van der Waals surface area contributed by atoms with E-state index in [0.29, 0.717) is 41.1 Å². The number of carbonyl (C=O) groups excluding carboxylic acids is 1. The summed E-state index contributed by atoms with van der Waals surface area (Å²) < 4.78 is 21.6. The first-order chi connectivity index (χ1) is 15.0. The number of hydrogen-bond acceptors (Lipinski definition) is 6. The van der Waals surface area contributed by atoms with Crippen molar-refractivity contribution < 1.29 is 23.7 Å². The fraction of sp³-hybridized carbons (Fsp3) is 0.217. The molecule has 2 N–H and O–H groups in total. The predicted octanol–water partition coefficient (Wildman–Crippen LogP) is 4.53. The summed E-state index contributed by atoms with van der Waals surface area (Å²) in [7, 11) is 4.73. The number of anilines is 1. The molecular weight excluding hydrogens is 398 g/mol. The Hall–Kier alpha value is -3.94. The molecule has 2 amide bonds. The summed E-state index contributed by atoms with van der Waals surface area (Å²) in [5, 5.41) is 5.52. The van der Waals surface area contributed by atoms with E-state index in [4.69, 9.17) is 18.9 Å². The highest BCUT2D eigenvalue weighted by atomic mass is 16.5. The number of pyridine rings is 1. The number of ether oxygens (including phenoxy) is 4. The number of carbonyl (C=O) groups is 1. The van der Waals surface area contributed by atoms with Crippen LogP contribution in [0, 0.1) is 6.92 Å². The summed E-state index contributed by atoms with van der Waals surface area (Å²) in [4.78, 5) is 16.4. The quantitative estimate of drug-likeness (QED) is 0.553. The number of benzene rings is 2. The van der Waals surface area contributed by atoms with Gasteiger partial charge in [-0.2, -0.15) is 0 Å². The molecule has 162 valence electrons. The molecule has 0 aliphatic heterocycles. The number of hydrogen-bond donors (Lipinski definition) is 2. The second-order valence-electron chi connectivity index (χ2n) is 6.64. The number of methoxy groups -OCH3 is 3. The third kappa shape index (κ3) is 5.79. The molecule has 31 heavy (non-hydrogen) atoms. The van der Waals surface area contributed by atoms with Crippen molar-refractivity contribution in [2.45, 2.75) is 13.5 Å².